The van der Waals surface area contributed by atoms with Gasteiger partial charge in [-0.05, 0) is 31.2 Å². The van der Waals surface area contributed by atoms with Crippen molar-refractivity contribution < 1.29 is 17.8 Å². The topological polar surface area (TPSA) is 110 Å². The Morgan fingerprint density at radius 1 is 1.37 bits per heavy atom. The first-order chi connectivity index (χ1) is 8.83. The highest BCUT2D eigenvalue weighted by molar-refractivity contribution is 7.85. The van der Waals surface area contributed by atoms with Gasteiger partial charge in [0.25, 0.3) is 10.1 Å². The van der Waals surface area contributed by atoms with E-state index in [0.29, 0.717) is 5.56 Å². The minimum absolute atomic E-state index is 0.201. The molecule has 0 unspecified atom stereocenters. The lowest BCUT2D eigenvalue weighted by Gasteiger charge is -1.98. The molecule has 3 N–H and O–H groups in total. The zero-order valence-corrected chi connectivity index (χ0v) is 11.1. The molecular formula is C12H14N2O4S. The van der Waals surface area contributed by atoms with Gasteiger partial charge in [-0.3, -0.25) is 14.3 Å². The third kappa shape index (κ3) is 5.02. The van der Waals surface area contributed by atoms with Crippen LogP contribution in [0.4, 0.5) is 0 Å². The van der Waals surface area contributed by atoms with Gasteiger partial charge in [0.1, 0.15) is 0 Å². The first kappa shape index (κ1) is 15.1. The van der Waals surface area contributed by atoms with Gasteiger partial charge in [0.15, 0.2) is 0 Å². The van der Waals surface area contributed by atoms with E-state index >= 15 is 0 Å². The molecule has 0 atom stereocenters. The molecule has 0 aliphatic heterocycles. The number of nitrogens with zero attached hydrogens (tertiary/aromatic N) is 1. The standard InChI is InChI=1S/C10H8N2O.C2H6O3S/c11-10(13)8-3-4-9-7(6-8)2-1-5-12-9;1-2-6(3,4)5/h1-6H,(H2,11,13);2H2,1H3,(H,3,4,5). The van der Waals surface area contributed by atoms with Crippen LogP contribution in [0.1, 0.15) is 17.3 Å². The van der Waals surface area contributed by atoms with Gasteiger partial charge in [-0.2, -0.15) is 8.42 Å². The van der Waals surface area contributed by atoms with Crippen molar-refractivity contribution in [3.63, 3.8) is 0 Å². The summed E-state index contributed by atoms with van der Waals surface area (Å²) in [6.45, 7) is 1.37. The Hall–Kier alpha value is -1.99. The Kier molecular flexibility index (Phi) is 4.96. The van der Waals surface area contributed by atoms with Crippen LogP contribution in [-0.4, -0.2) is 29.6 Å². The number of hydrogen-bond acceptors (Lipinski definition) is 4. The van der Waals surface area contributed by atoms with Gasteiger partial charge in [0.05, 0.1) is 11.3 Å². The fourth-order valence-electron chi connectivity index (χ4n) is 1.23. The van der Waals surface area contributed by atoms with Crippen molar-refractivity contribution >= 4 is 26.9 Å². The van der Waals surface area contributed by atoms with E-state index in [2.05, 4.69) is 4.98 Å². The molecule has 7 heteroatoms. The first-order valence-electron chi connectivity index (χ1n) is 5.43. The number of hydrogen-bond donors (Lipinski definition) is 2. The number of amides is 1. The summed E-state index contributed by atoms with van der Waals surface area (Å²) in [6, 6.07) is 8.93. The predicted octanol–water partition coefficient (Wildman–Crippen LogP) is 1.23. The normalized spacial score (nSPS) is 10.6. The molecular weight excluding hydrogens is 268 g/mol. The van der Waals surface area contributed by atoms with Gasteiger partial charge < -0.3 is 5.73 Å². The molecule has 2 aromatic rings. The Bertz CT molecular complexity index is 683. The monoisotopic (exact) mass is 282 g/mol. The molecule has 0 aliphatic rings. The molecule has 1 heterocycles. The second kappa shape index (κ2) is 6.26. The summed E-state index contributed by atoms with van der Waals surface area (Å²) >= 11 is 0. The van der Waals surface area contributed by atoms with Crippen LogP contribution in [0, 0.1) is 0 Å². The molecule has 1 aromatic heterocycles. The van der Waals surface area contributed by atoms with Gasteiger partial charge in [0.2, 0.25) is 5.91 Å². The average molecular weight is 282 g/mol. The van der Waals surface area contributed by atoms with Crippen LogP contribution < -0.4 is 5.73 Å². The van der Waals surface area contributed by atoms with Gasteiger partial charge >= 0.3 is 0 Å². The van der Waals surface area contributed by atoms with Crippen LogP contribution in [-0.2, 0) is 10.1 Å². The van der Waals surface area contributed by atoms with Crippen molar-refractivity contribution in [2.75, 3.05) is 5.75 Å². The minimum Gasteiger partial charge on any atom is -0.366 e. The van der Waals surface area contributed by atoms with Crippen molar-refractivity contribution in [3.8, 4) is 0 Å². The molecule has 0 fully saturated rings. The Balaban J connectivity index is 0.000000258. The van der Waals surface area contributed by atoms with Crippen molar-refractivity contribution in [2.45, 2.75) is 6.92 Å². The van der Waals surface area contributed by atoms with Crippen molar-refractivity contribution in [1.29, 1.82) is 0 Å². The van der Waals surface area contributed by atoms with Crippen molar-refractivity contribution in [3.05, 3.63) is 42.1 Å². The SMILES string of the molecule is CCS(=O)(=O)O.NC(=O)c1ccc2ncccc2c1. The maximum absolute atomic E-state index is 10.8. The number of pyridine rings is 1. The Morgan fingerprint density at radius 3 is 2.53 bits per heavy atom. The maximum Gasteiger partial charge on any atom is 0.264 e. The summed E-state index contributed by atoms with van der Waals surface area (Å²) in [5.41, 5.74) is 6.53. The average Bonchev–Trinajstić information content (AvgIpc) is 2.38. The number of aromatic nitrogens is 1. The van der Waals surface area contributed by atoms with Gasteiger partial charge in [0, 0.05) is 17.1 Å². The van der Waals surface area contributed by atoms with E-state index in [1.165, 1.54) is 6.92 Å². The molecule has 0 aliphatic carbocycles. The summed E-state index contributed by atoms with van der Waals surface area (Å²) in [4.78, 5) is 15.0. The molecule has 0 spiro atoms. The zero-order valence-electron chi connectivity index (χ0n) is 10.3. The van der Waals surface area contributed by atoms with Gasteiger partial charge in [-0.15, -0.1) is 0 Å². The molecule has 1 amide bonds. The lowest BCUT2D eigenvalue weighted by molar-refractivity contribution is 0.100. The molecule has 0 saturated heterocycles. The van der Waals surface area contributed by atoms with Crippen LogP contribution in [0.5, 0.6) is 0 Å². The molecule has 102 valence electrons. The molecule has 0 radical (unpaired) electrons. The Labute approximate surface area is 111 Å². The molecule has 19 heavy (non-hydrogen) atoms. The quantitative estimate of drug-likeness (QED) is 0.805. The summed E-state index contributed by atoms with van der Waals surface area (Å²) in [6.07, 6.45) is 1.71. The maximum atomic E-state index is 10.8. The predicted molar refractivity (Wildman–Crippen MR) is 72.4 cm³/mol. The fraction of sp³-hybridized carbons (Fsp3) is 0.167. The third-order valence-electron chi connectivity index (χ3n) is 2.25. The van der Waals surface area contributed by atoms with Gasteiger partial charge in [-0.1, -0.05) is 6.07 Å². The van der Waals surface area contributed by atoms with Gasteiger partial charge in [-0.25, -0.2) is 0 Å². The smallest absolute Gasteiger partial charge is 0.264 e. The highest BCUT2D eigenvalue weighted by Gasteiger charge is 2.00. The number of fused-ring (bicyclic) bond motifs is 1. The van der Waals surface area contributed by atoms with Crippen molar-refractivity contribution in [1.82, 2.24) is 4.98 Å². The second-order valence-corrected chi connectivity index (χ2v) is 5.39. The second-order valence-electron chi connectivity index (χ2n) is 3.65. The van der Waals surface area contributed by atoms with E-state index in [4.69, 9.17) is 10.3 Å². The van der Waals surface area contributed by atoms with E-state index in [0.717, 1.165) is 10.9 Å². The number of carbonyl (C=O) groups is 1. The van der Waals surface area contributed by atoms with Crippen LogP contribution in [0.15, 0.2) is 36.5 Å². The Morgan fingerprint density at radius 2 is 2.00 bits per heavy atom. The third-order valence-corrected chi connectivity index (χ3v) is 2.98. The van der Waals surface area contributed by atoms with Crippen LogP contribution in [0.2, 0.25) is 0 Å². The van der Waals surface area contributed by atoms with E-state index in [9.17, 15) is 13.2 Å². The van der Waals surface area contributed by atoms with E-state index in [1.807, 2.05) is 12.1 Å². The van der Waals surface area contributed by atoms with Crippen molar-refractivity contribution in [2.24, 2.45) is 5.73 Å². The van der Waals surface area contributed by atoms with Crippen LogP contribution >= 0.6 is 0 Å². The number of rotatable bonds is 2. The highest BCUT2D eigenvalue weighted by atomic mass is 32.2. The lowest BCUT2D eigenvalue weighted by Crippen LogP contribution is -2.10. The van der Waals surface area contributed by atoms with E-state index < -0.39 is 16.0 Å². The lowest BCUT2D eigenvalue weighted by atomic mass is 10.1. The highest BCUT2D eigenvalue weighted by Crippen LogP contribution is 2.12. The largest absolute Gasteiger partial charge is 0.366 e. The summed E-state index contributed by atoms with van der Waals surface area (Å²) in [5.74, 6) is -0.613. The molecule has 0 bridgehead atoms. The number of carbonyl (C=O) groups excluding carboxylic acids is 1. The summed E-state index contributed by atoms with van der Waals surface area (Å²) in [5, 5.41) is 0.929. The first-order valence-corrected chi connectivity index (χ1v) is 7.04. The summed E-state index contributed by atoms with van der Waals surface area (Å²) < 4.78 is 26.9. The minimum atomic E-state index is -3.66. The number of nitrogens with two attached hydrogens (primary N) is 1. The van der Waals surface area contributed by atoms with Crippen LogP contribution in [0.3, 0.4) is 0 Å². The molecule has 1 aromatic carbocycles. The number of primary amides is 1. The van der Waals surface area contributed by atoms with Crippen LogP contribution in [0.25, 0.3) is 10.9 Å². The molecule has 2 rings (SSSR count). The number of benzene rings is 1. The summed E-state index contributed by atoms with van der Waals surface area (Å²) in [7, 11) is -3.66. The fourth-order valence-corrected chi connectivity index (χ4v) is 1.23. The van der Waals surface area contributed by atoms with E-state index in [1.54, 1.807) is 24.4 Å². The van der Waals surface area contributed by atoms with E-state index in [-0.39, 0.29) is 5.75 Å². The zero-order chi connectivity index (χ0) is 14.5. The molecule has 6 nitrogen and oxygen atoms in total. The molecule has 0 saturated carbocycles.